The van der Waals surface area contributed by atoms with Gasteiger partial charge in [0.25, 0.3) is 0 Å². The molecule has 2 aromatic rings. The van der Waals surface area contributed by atoms with Crippen LogP contribution in [-0.4, -0.2) is 34.8 Å². The van der Waals surface area contributed by atoms with Crippen LogP contribution in [0, 0.1) is 0 Å². The predicted octanol–water partition coefficient (Wildman–Crippen LogP) is 3.23. The highest BCUT2D eigenvalue weighted by Crippen LogP contribution is 2.31. The van der Waals surface area contributed by atoms with Crippen LogP contribution in [0.2, 0.25) is 0 Å². The molecule has 0 atom stereocenters. The second-order valence-corrected chi connectivity index (χ2v) is 4.90. The zero-order valence-corrected chi connectivity index (χ0v) is 12.5. The largest absolute Gasteiger partial charge is 0.465 e. The maximum Gasteiger partial charge on any atom is 0.433 e. The minimum Gasteiger partial charge on any atom is -0.465 e. The first-order valence-corrected chi connectivity index (χ1v) is 6.53. The average Bonchev–Trinajstić information content (AvgIpc) is 2.87. The molecule has 0 radical (unpaired) electrons. The van der Waals surface area contributed by atoms with Crippen LogP contribution in [-0.2, 0) is 15.7 Å². The van der Waals surface area contributed by atoms with Crippen molar-refractivity contribution < 1.29 is 32.2 Å². The molecule has 6 nitrogen and oxygen atoms in total. The van der Waals surface area contributed by atoms with Crippen LogP contribution in [0.1, 0.15) is 29.9 Å². The number of methoxy groups -OCH3 is 1. The van der Waals surface area contributed by atoms with E-state index in [4.69, 9.17) is 4.74 Å². The van der Waals surface area contributed by atoms with E-state index in [9.17, 15) is 22.8 Å². The van der Waals surface area contributed by atoms with E-state index in [1.807, 2.05) is 0 Å². The number of nitrogens with zero attached hydrogens (tertiary/aromatic N) is 2. The van der Waals surface area contributed by atoms with Gasteiger partial charge in [0.2, 0.25) is 0 Å². The van der Waals surface area contributed by atoms with Crippen LogP contribution in [0.25, 0.3) is 11.0 Å². The highest BCUT2D eigenvalue weighted by molar-refractivity contribution is 6.04. The van der Waals surface area contributed by atoms with Crippen molar-refractivity contribution in [2.75, 3.05) is 7.11 Å². The molecule has 9 heteroatoms. The number of rotatable bonds is 2. The van der Waals surface area contributed by atoms with Crippen molar-refractivity contribution in [1.29, 1.82) is 0 Å². The predicted molar refractivity (Wildman–Crippen MR) is 73.1 cm³/mol. The van der Waals surface area contributed by atoms with Gasteiger partial charge in [-0.15, -0.1) is 0 Å². The fourth-order valence-electron chi connectivity index (χ4n) is 1.94. The first kappa shape index (κ1) is 16.8. The Kier molecular flexibility index (Phi) is 4.31. The summed E-state index contributed by atoms with van der Waals surface area (Å²) in [6.45, 7) is 3.19. The van der Waals surface area contributed by atoms with Gasteiger partial charge >= 0.3 is 18.2 Å². The molecule has 0 fully saturated rings. The molecular formula is C14H13F3N2O4. The smallest absolute Gasteiger partial charge is 0.433 e. The lowest BCUT2D eigenvalue weighted by atomic mass is 10.1. The second-order valence-electron chi connectivity index (χ2n) is 4.90. The molecule has 0 saturated carbocycles. The fraction of sp³-hybridized carbons (Fsp3) is 0.357. The number of alkyl halides is 3. The van der Waals surface area contributed by atoms with Gasteiger partial charge in [-0.2, -0.15) is 13.2 Å². The summed E-state index contributed by atoms with van der Waals surface area (Å²) in [6, 6.07) is 1.89. The number of fused-ring (bicyclic) bond motifs is 1. The van der Waals surface area contributed by atoms with E-state index in [0.717, 1.165) is 11.7 Å². The molecule has 0 saturated heterocycles. The Bertz CT molecular complexity index is 765. The molecule has 0 aliphatic rings. The second kappa shape index (κ2) is 5.90. The molecule has 0 aliphatic carbocycles. The zero-order chi connectivity index (χ0) is 17.4. The van der Waals surface area contributed by atoms with Crippen LogP contribution in [0.5, 0.6) is 0 Å². The molecule has 124 valence electrons. The highest BCUT2D eigenvalue weighted by atomic mass is 19.4. The van der Waals surface area contributed by atoms with Crippen LogP contribution in [0.15, 0.2) is 18.3 Å². The zero-order valence-electron chi connectivity index (χ0n) is 12.5. The van der Waals surface area contributed by atoms with Crippen LogP contribution in [0.4, 0.5) is 18.0 Å². The maximum absolute atomic E-state index is 13.0. The van der Waals surface area contributed by atoms with E-state index in [1.54, 1.807) is 13.8 Å². The van der Waals surface area contributed by atoms with Gasteiger partial charge in [-0.3, -0.25) is 0 Å². The van der Waals surface area contributed by atoms with Gasteiger partial charge in [-0.05, 0) is 26.0 Å². The average molecular weight is 330 g/mol. The van der Waals surface area contributed by atoms with Gasteiger partial charge in [0, 0.05) is 11.6 Å². The monoisotopic (exact) mass is 330 g/mol. The Labute approximate surface area is 128 Å². The van der Waals surface area contributed by atoms with Gasteiger partial charge < -0.3 is 9.47 Å². The summed E-state index contributed by atoms with van der Waals surface area (Å²) in [4.78, 5) is 27.1. The SMILES string of the molecule is COC(=O)c1cc(C(F)(F)F)nc2c1ccn2C(=O)OC(C)C. The van der Waals surface area contributed by atoms with E-state index in [-0.39, 0.29) is 16.6 Å². The minimum atomic E-state index is -4.78. The minimum absolute atomic E-state index is 0.0607. The van der Waals surface area contributed by atoms with Crippen LogP contribution >= 0.6 is 0 Å². The van der Waals surface area contributed by atoms with E-state index >= 15 is 0 Å². The molecule has 0 amide bonds. The number of ether oxygens (including phenoxy) is 2. The lowest BCUT2D eigenvalue weighted by molar-refractivity contribution is -0.141. The Morgan fingerprint density at radius 1 is 1.30 bits per heavy atom. The van der Waals surface area contributed by atoms with Gasteiger partial charge in [-0.1, -0.05) is 0 Å². The van der Waals surface area contributed by atoms with Crippen molar-refractivity contribution in [3.8, 4) is 0 Å². The number of esters is 1. The number of hydrogen-bond acceptors (Lipinski definition) is 5. The highest BCUT2D eigenvalue weighted by Gasteiger charge is 2.35. The van der Waals surface area contributed by atoms with E-state index in [1.165, 1.54) is 12.3 Å². The summed E-state index contributed by atoms with van der Waals surface area (Å²) >= 11 is 0. The van der Waals surface area contributed by atoms with Crippen LogP contribution in [0.3, 0.4) is 0 Å². The van der Waals surface area contributed by atoms with Crippen molar-refractivity contribution in [2.45, 2.75) is 26.1 Å². The third kappa shape index (κ3) is 3.27. The Balaban J connectivity index is 2.70. The summed E-state index contributed by atoms with van der Waals surface area (Å²) in [7, 11) is 1.05. The standard InChI is InChI=1S/C14H13F3N2O4/c1-7(2)23-13(21)19-5-4-8-9(12(20)22-3)6-10(14(15,16)17)18-11(8)19/h4-7H,1-3H3. The number of halogens is 3. The molecule has 0 spiro atoms. The third-order valence-electron chi connectivity index (χ3n) is 2.89. The molecule has 0 aliphatic heterocycles. The number of carbonyl (C=O) groups excluding carboxylic acids is 2. The topological polar surface area (TPSA) is 70.4 Å². The van der Waals surface area contributed by atoms with Gasteiger partial charge in [-0.25, -0.2) is 19.1 Å². The molecule has 0 unspecified atom stereocenters. The van der Waals surface area contributed by atoms with Crippen molar-refractivity contribution in [1.82, 2.24) is 9.55 Å². The Morgan fingerprint density at radius 3 is 2.48 bits per heavy atom. The molecule has 2 rings (SSSR count). The summed E-state index contributed by atoms with van der Waals surface area (Å²) in [5.41, 5.74) is -1.96. The van der Waals surface area contributed by atoms with Crippen molar-refractivity contribution >= 4 is 23.1 Å². The van der Waals surface area contributed by atoms with E-state index in [2.05, 4.69) is 9.72 Å². The summed E-state index contributed by atoms with van der Waals surface area (Å²) in [6.07, 6.45) is -4.95. The van der Waals surface area contributed by atoms with Crippen LogP contribution < -0.4 is 0 Å². The maximum atomic E-state index is 13.0. The first-order chi connectivity index (χ1) is 10.6. The molecule has 2 aromatic heterocycles. The van der Waals surface area contributed by atoms with Gasteiger partial charge in [0.1, 0.15) is 5.69 Å². The van der Waals surface area contributed by atoms with E-state index < -0.39 is 30.0 Å². The lowest BCUT2D eigenvalue weighted by Crippen LogP contribution is -2.19. The summed E-state index contributed by atoms with van der Waals surface area (Å²) in [5, 5.41) is 0.0607. The summed E-state index contributed by atoms with van der Waals surface area (Å²) < 4.78 is 49.2. The van der Waals surface area contributed by atoms with Gasteiger partial charge in [0.15, 0.2) is 5.65 Å². The Morgan fingerprint density at radius 2 is 1.96 bits per heavy atom. The molecular weight excluding hydrogens is 317 g/mol. The van der Waals surface area contributed by atoms with Crippen molar-refractivity contribution in [3.63, 3.8) is 0 Å². The van der Waals surface area contributed by atoms with E-state index in [0.29, 0.717) is 6.07 Å². The normalized spacial score (nSPS) is 11.8. The molecule has 23 heavy (non-hydrogen) atoms. The van der Waals surface area contributed by atoms with Crippen molar-refractivity contribution in [2.24, 2.45) is 0 Å². The number of pyridine rings is 1. The quantitative estimate of drug-likeness (QED) is 0.791. The van der Waals surface area contributed by atoms with Gasteiger partial charge in [0.05, 0.1) is 18.8 Å². The molecule has 0 aromatic carbocycles. The number of hydrogen-bond donors (Lipinski definition) is 0. The van der Waals surface area contributed by atoms with Crippen molar-refractivity contribution in [3.05, 3.63) is 29.6 Å². The Hall–Kier alpha value is -2.58. The lowest BCUT2D eigenvalue weighted by Gasteiger charge is -2.11. The molecule has 0 bridgehead atoms. The number of aromatic nitrogens is 2. The molecule has 0 N–H and O–H groups in total. The fourth-order valence-corrected chi connectivity index (χ4v) is 1.94. The first-order valence-electron chi connectivity index (χ1n) is 6.53. The third-order valence-corrected chi connectivity index (χ3v) is 2.89. The molecule has 2 heterocycles. The number of carbonyl (C=O) groups is 2. The summed E-state index contributed by atoms with van der Waals surface area (Å²) in [5.74, 6) is -0.960.